The largest absolute Gasteiger partial charge is 0.494 e. The monoisotopic (exact) mass is 497 g/mol. The molecule has 2 N–H and O–H groups in total. The first-order valence-corrected chi connectivity index (χ1v) is 12.8. The van der Waals surface area contributed by atoms with E-state index in [4.69, 9.17) is 4.74 Å². The number of fused-ring (bicyclic) bond motifs is 1. The summed E-state index contributed by atoms with van der Waals surface area (Å²) >= 11 is 1.35. The van der Waals surface area contributed by atoms with Gasteiger partial charge in [-0.3, -0.25) is 9.36 Å². The van der Waals surface area contributed by atoms with Crippen LogP contribution in [0.5, 0.6) is 5.75 Å². The van der Waals surface area contributed by atoms with Gasteiger partial charge in [0.2, 0.25) is 5.91 Å². The lowest BCUT2D eigenvalue weighted by atomic mass is 10.1. The van der Waals surface area contributed by atoms with Crippen LogP contribution in [-0.4, -0.2) is 38.0 Å². The molecule has 1 amide bonds. The van der Waals surface area contributed by atoms with Crippen LogP contribution in [0.15, 0.2) is 78.1 Å². The number of H-pyrrole nitrogens is 1. The number of thioether (sulfide) groups is 1. The fourth-order valence-electron chi connectivity index (χ4n) is 4.09. The minimum Gasteiger partial charge on any atom is -0.494 e. The number of ether oxygens (including phenoxy) is 1. The molecule has 182 valence electrons. The molecule has 0 unspecified atom stereocenters. The van der Waals surface area contributed by atoms with Crippen LogP contribution in [-0.2, 0) is 4.79 Å². The third kappa shape index (κ3) is 4.72. The molecule has 0 spiro atoms. The van der Waals surface area contributed by atoms with E-state index in [0.717, 1.165) is 44.7 Å². The van der Waals surface area contributed by atoms with Crippen molar-refractivity contribution in [2.45, 2.75) is 25.9 Å². The highest BCUT2D eigenvalue weighted by Gasteiger charge is 2.20. The fraction of sp³-hybridized carbons (Fsp3) is 0.179. The predicted octanol–water partition coefficient (Wildman–Crippen LogP) is 6.16. The number of aromatic nitrogens is 4. The smallest absolute Gasteiger partial charge is 0.234 e. The van der Waals surface area contributed by atoms with Crippen LogP contribution in [0, 0.1) is 13.8 Å². The summed E-state index contributed by atoms with van der Waals surface area (Å²) in [6.45, 7) is 6.60. The summed E-state index contributed by atoms with van der Waals surface area (Å²) in [4.78, 5) is 16.1. The van der Waals surface area contributed by atoms with Gasteiger partial charge in [0.05, 0.1) is 12.4 Å². The quantitative estimate of drug-likeness (QED) is 0.251. The van der Waals surface area contributed by atoms with E-state index in [2.05, 4.69) is 26.6 Å². The number of carbonyl (C=O) groups excluding carboxylic acids is 1. The molecule has 0 radical (unpaired) electrons. The van der Waals surface area contributed by atoms with Crippen molar-refractivity contribution >= 4 is 34.3 Å². The summed E-state index contributed by atoms with van der Waals surface area (Å²) in [7, 11) is 0. The maximum Gasteiger partial charge on any atom is 0.234 e. The molecule has 2 aromatic heterocycles. The molecule has 0 aliphatic rings. The lowest BCUT2D eigenvalue weighted by Gasteiger charge is -2.12. The van der Waals surface area contributed by atoms with Crippen LogP contribution < -0.4 is 10.1 Å². The first-order chi connectivity index (χ1) is 17.5. The molecular weight excluding hydrogens is 470 g/mol. The number of nitrogens with one attached hydrogen (secondary N) is 2. The maximum absolute atomic E-state index is 12.8. The lowest BCUT2D eigenvalue weighted by molar-refractivity contribution is -0.113. The van der Waals surface area contributed by atoms with Gasteiger partial charge in [-0.25, -0.2) is 0 Å². The Labute approximate surface area is 213 Å². The number of benzene rings is 3. The Morgan fingerprint density at radius 3 is 2.64 bits per heavy atom. The van der Waals surface area contributed by atoms with Crippen LogP contribution in [0.1, 0.15) is 18.1 Å². The predicted molar refractivity (Wildman–Crippen MR) is 145 cm³/mol. The fourth-order valence-corrected chi connectivity index (χ4v) is 4.84. The van der Waals surface area contributed by atoms with E-state index in [1.807, 2.05) is 92.2 Å². The number of hydrogen-bond donors (Lipinski definition) is 2. The first-order valence-electron chi connectivity index (χ1n) is 11.8. The molecule has 0 fully saturated rings. The van der Waals surface area contributed by atoms with Gasteiger partial charge in [0, 0.05) is 34.0 Å². The molecule has 7 nitrogen and oxygen atoms in total. The van der Waals surface area contributed by atoms with Crippen LogP contribution in [0.3, 0.4) is 0 Å². The average molecular weight is 498 g/mol. The van der Waals surface area contributed by atoms with E-state index >= 15 is 0 Å². The van der Waals surface area contributed by atoms with Crippen molar-refractivity contribution in [1.29, 1.82) is 0 Å². The standard InChI is InChI=1S/C28H27N5O2S/c1-4-35-21-14-12-20(13-15-21)33-27(23-16-29-25-10-6-5-9-22(23)25)31-32-28(33)36-17-26(34)30-24-11-7-8-18(2)19(24)3/h5-16,29H,4,17H2,1-3H3,(H,30,34). The van der Waals surface area contributed by atoms with E-state index in [0.29, 0.717) is 17.6 Å². The number of anilines is 1. The van der Waals surface area contributed by atoms with E-state index in [1.54, 1.807) is 0 Å². The van der Waals surface area contributed by atoms with Crippen LogP contribution >= 0.6 is 11.8 Å². The highest BCUT2D eigenvalue weighted by atomic mass is 32.2. The molecule has 0 bridgehead atoms. The molecule has 0 aliphatic carbocycles. The van der Waals surface area contributed by atoms with Gasteiger partial charge in [-0.05, 0) is 68.3 Å². The van der Waals surface area contributed by atoms with Crippen molar-refractivity contribution in [1.82, 2.24) is 19.7 Å². The zero-order valence-corrected chi connectivity index (χ0v) is 21.2. The molecule has 0 saturated carbocycles. The summed E-state index contributed by atoms with van der Waals surface area (Å²) in [5, 5.41) is 13.7. The van der Waals surface area contributed by atoms with Crippen LogP contribution in [0.25, 0.3) is 28.0 Å². The SMILES string of the molecule is CCOc1ccc(-n2c(SCC(=O)Nc3cccc(C)c3C)nnc2-c2c[nH]c3ccccc23)cc1. The molecule has 5 rings (SSSR count). The van der Waals surface area contributed by atoms with Crippen LogP contribution in [0.2, 0.25) is 0 Å². The Balaban J connectivity index is 1.47. The highest BCUT2D eigenvalue weighted by Crippen LogP contribution is 2.33. The van der Waals surface area contributed by atoms with Gasteiger partial charge in [-0.2, -0.15) is 0 Å². The minimum absolute atomic E-state index is 0.0939. The number of hydrogen-bond acceptors (Lipinski definition) is 5. The molecule has 8 heteroatoms. The third-order valence-corrected chi connectivity index (χ3v) is 7.01. The molecular formula is C28H27N5O2S. The topological polar surface area (TPSA) is 84.8 Å². The van der Waals surface area contributed by atoms with Gasteiger partial charge in [0.15, 0.2) is 11.0 Å². The van der Waals surface area contributed by atoms with Crippen molar-refractivity contribution in [3.8, 4) is 22.8 Å². The summed E-state index contributed by atoms with van der Waals surface area (Å²) < 4.78 is 7.61. The second-order valence-corrected chi connectivity index (χ2v) is 9.34. The van der Waals surface area contributed by atoms with E-state index < -0.39 is 0 Å². The van der Waals surface area contributed by atoms with Crippen molar-refractivity contribution in [3.63, 3.8) is 0 Å². The van der Waals surface area contributed by atoms with Gasteiger partial charge < -0.3 is 15.0 Å². The number of aryl methyl sites for hydroxylation is 1. The molecule has 2 heterocycles. The zero-order valence-electron chi connectivity index (χ0n) is 20.4. The Hall–Kier alpha value is -4.04. The zero-order chi connectivity index (χ0) is 25.1. The Kier molecular flexibility index (Phi) is 6.77. The molecule has 5 aromatic rings. The van der Waals surface area contributed by atoms with Crippen molar-refractivity contribution < 1.29 is 9.53 Å². The number of carbonyl (C=O) groups is 1. The molecule has 0 atom stereocenters. The van der Waals surface area contributed by atoms with Crippen LogP contribution in [0.4, 0.5) is 5.69 Å². The van der Waals surface area contributed by atoms with Gasteiger partial charge in [0.25, 0.3) is 0 Å². The van der Waals surface area contributed by atoms with Crippen molar-refractivity contribution in [2.75, 3.05) is 17.7 Å². The number of amides is 1. The second kappa shape index (κ2) is 10.3. The van der Waals surface area contributed by atoms with Gasteiger partial charge in [0.1, 0.15) is 5.75 Å². The highest BCUT2D eigenvalue weighted by molar-refractivity contribution is 7.99. The Morgan fingerprint density at radius 2 is 1.83 bits per heavy atom. The maximum atomic E-state index is 12.8. The van der Waals surface area contributed by atoms with Crippen molar-refractivity contribution in [3.05, 3.63) is 84.1 Å². The summed E-state index contributed by atoms with van der Waals surface area (Å²) in [6, 6.07) is 21.8. The summed E-state index contributed by atoms with van der Waals surface area (Å²) in [6.07, 6.45) is 1.95. The van der Waals surface area contributed by atoms with E-state index in [-0.39, 0.29) is 11.7 Å². The van der Waals surface area contributed by atoms with E-state index in [9.17, 15) is 4.79 Å². The lowest BCUT2D eigenvalue weighted by Crippen LogP contribution is -2.15. The van der Waals surface area contributed by atoms with Gasteiger partial charge >= 0.3 is 0 Å². The second-order valence-electron chi connectivity index (χ2n) is 8.40. The molecule has 3 aromatic carbocycles. The third-order valence-electron chi connectivity index (χ3n) is 6.08. The minimum atomic E-state index is -0.0939. The summed E-state index contributed by atoms with van der Waals surface area (Å²) in [5.74, 6) is 1.61. The number of rotatable bonds is 8. The van der Waals surface area contributed by atoms with Gasteiger partial charge in [-0.15, -0.1) is 10.2 Å². The van der Waals surface area contributed by atoms with Gasteiger partial charge in [-0.1, -0.05) is 42.1 Å². The number of para-hydroxylation sites is 1. The molecule has 0 aliphatic heterocycles. The first kappa shape index (κ1) is 23.7. The average Bonchev–Trinajstić information content (AvgIpc) is 3.50. The van der Waals surface area contributed by atoms with Crippen molar-refractivity contribution in [2.24, 2.45) is 0 Å². The number of nitrogens with zero attached hydrogens (tertiary/aromatic N) is 3. The molecule has 0 saturated heterocycles. The van der Waals surface area contributed by atoms with E-state index in [1.165, 1.54) is 11.8 Å². The Morgan fingerprint density at radius 1 is 1.03 bits per heavy atom. The number of aromatic amines is 1. The Bertz CT molecular complexity index is 1520. The molecule has 36 heavy (non-hydrogen) atoms. The normalized spacial score (nSPS) is 11.1. The summed E-state index contributed by atoms with van der Waals surface area (Å²) in [5.41, 5.74) is 5.89.